The van der Waals surface area contributed by atoms with Gasteiger partial charge >= 0.3 is 5.97 Å². The molecule has 0 unspecified atom stereocenters. The third kappa shape index (κ3) is 3.09. The van der Waals surface area contributed by atoms with Gasteiger partial charge in [0.1, 0.15) is 0 Å². The largest absolute Gasteiger partial charge is 0.478 e. The lowest BCUT2D eigenvalue weighted by Crippen LogP contribution is -2.01. The topological polar surface area (TPSA) is 72.9 Å². The Morgan fingerprint density at radius 1 is 1.14 bits per heavy atom. The Morgan fingerprint density at radius 3 is 2.64 bits per heavy atom. The van der Waals surface area contributed by atoms with Crippen LogP contribution < -0.4 is 0 Å². The van der Waals surface area contributed by atoms with E-state index in [-0.39, 0.29) is 5.56 Å². The second kappa shape index (κ2) is 7.15. The lowest BCUT2D eigenvalue weighted by Gasteiger charge is -2.08. The van der Waals surface area contributed by atoms with Crippen molar-refractivity contribution in [2.45, 2.75) is 20.3 Å². The van der Waals surface area contributed by atoms with Crippen molar-refractivity contribution in [2.24, 2.45) is 0 Å². The maximum atomic E-state index is 11.3. The first-order valence-electron chi connectivity index (χ1n) is 9.09. The van der Waals surface area contributed by atoms with Crippen molar-refractivity contribution in [3.8, 4) is 22.6 Å². The van der Waals surface area contributed by atoms with Crippen molar-refractivity contribution in [3.63, 3.8) is 0 Å². The molecule has 2 aromatic heterocycles. The molecule has 0 radical (unpaired) electrons. The number of nitrogens with zero attached hydrogens (tertiary/aromatic N) is 4. The molecule has 4 rings (SSSR count). The molecular weight excluding hydrogens is 352 g/mol. The summed E-state index contributed by atoms with van der Waals surface area (Å²) in [6.45, 7) is 4.04. The number of aromatic carboxylic acids is 1. The van der Waals surface area contributed by atoms with Gasteiger partial charge in [-0.15, -0.1) is 0 Å². The zero-order valence-electron chi connectivity index (χ0n) is 15.7. The first-order chi connectivity index (χ1) is 13.6. The Balaban J connectivity index is 1.76. The van der Waals surface area contributed by atoms with Crippen LogP contribution in [0.1, 0.15) is 28.5 Å². The zero-order chi connectivity index (χ0) is 19.7. The van der Waals surface area contributed by atoms with Gasteiger partial charge in [0.25, 0.3) is 0 Å². The van der Waals surface area contributed by atoms with Crippen LogP contribution in [-0.4, -0.2) is 30.4 Å². The number of hydrogen-bond donors (Lipinski definition) is 1. The number of rotatable bonds is 5. The molecule has 6 nitrogen and oxygen atoms in total. The molecular formula is C22H20N4O2. The van der Waals surface area contributed by atoms with E-state index < -0.39 is 5.97 Å². The summed E-state index contributed by atoms with van der Waals surface area (Å²) in [5, 5.41) is 13.8. The Bertz CT molecular complexity index is 1140. The van der Waals surface area contributed by atoms with E-state index in [9.17, 15) is 9.90 Å². The highest BCUT2D eigenvalue weighted by Crippen LogP contribution is 2.26. The van der Waals surface area contributed by atoms with Crippen LogP contribution in [0.15, 0.2) is 67.3 Å². The SMILES string of the molecule is CCc1c(-c2cn(-c3cc(C(=O)O)ccc3C)cn2)cnn1-c1ccccc1. The molecule has 0 saturated carbocycles. The van der Waals surface area contributed by atoms with Crippen molar-refractivity contribution in [1.82, 2.24) is 19.3 Å². The van der Waals surface area contributed by atoms with Crippen LogP contribution in [0, 0.1) is 6.92 Å². The summed E-state index contributed by atoms with van der Waals surface area (Å²) in [4.78, 5) is 15.9. The molecule has 0 fully saturated rings. The molecule has 4 aromatic rings. The number of carboxylic acid groups (broad SMARTS) is 1. The maximum absolute atomic E-state index is 11.3. The normalized spacial score (nSPS) is 10.9. The van der Waals surface area contributed by atoms with Crippen molar-refractivity contribution in [2.75, 3.05) is 0 Å². The quantitative estimate of drug-likeness (QED) is 0.567. The number of para-hydroxylation sites is 1. The first kappa shape index (κ1) is 17.7. The van der Waals surface area contributed by atoms with Gasteiger partial charge in [-0.3, -0.25) is 0 Å². The average Bonchev–Trinajstić information content (AvgIpc) is 3.35. The van der Waals surface area contributed by atoms with Gasteiger partial charge < -0.3 is 9.67 Å². The highest BCUT2D eigenvalue weighted by molar-refractivity contribution is 5.88. The summed E-state index contributed by atoms with van der Waals surface area (Å²) < 4.78 is 3.79. The Kier molecular flexibility index (Phi) is 4.53. The van der Waals surface area contributed by atoms with Crippen molar-refractivity contribution < 1.29 is 9.90 Å². The highest BCUT2D eigenvalue weighted by Gasteiger charge is 2.15. The fraction of sp³-hybridized carbons (Fsp3) is 0.136. The average molecular weight is 372 g/mol. The second-order valence-corrected chi connectivity index (χ2v) is 6.58. The molecule has 0 aliphatic heterocycles. The number of carboxylic acids is 1. The van der Waals surface area contributed by atoms with Gasteiger partial charge in [0, 0.05) is 11.8 Å². The Morgan fingerprint density at radius 2 is 1.93 bits per heavy atom. The standard InChI is InChI=1S/C22H20N4O2/c1-3-20-18(12-24-26(20)17-7-5-4-6-8-17)19-13-25(14-23-19)21-11-16(22(27)28)10-9-15(21)2/h4-14H,3H2,1-2H3,(H,27,28). The van der Waals surface area contributed by atoms with Crippen LogP contribution >= 0.6 is 0 Å². The first-order valence-corrected chi connectivity index (χ1v) is 9.09. The Labute approximate surface area is 162 Å². The third-order valence-electron chi connectivity index (χ3n) is 4.80. The summed E-state index contributed by atoms with van der Waals surface area (Å²) in [6.07, 6.45) is 6.27. The monoisotopic (exact) mass is 372 g/mol. The van der Waals surface area contributed by atoms with Gasteiger partial charge in [0.2, 0.25) is 0 Å². The van der Waals surface area contributed by atoms with Gasteiger partial charge in [0.05, 0.1) is 40.9 Å². The number of hydrogen-bond acceptors (Lipinski definition) is 3. The molecule has 0 aliphatic rings. The lowest BCUT2D eigenvalue weighted by molar-refractivity contribution is 0.0697. The minimum atomic E-state index is -0.945. The van der Waals surface area contributed by atoms with E-state index in [1.165, 1.54) is 0 Å². The van der Waals surface area contributed by atoms with E-state index >= 15 is 0 Å². The van der Waals surface area contributed by atoms with Crippen LogP contribution in [0.25, 0.3) is 22.6 Å². The molecule has 0 aliphatic carbocycles. The van der Waals surface area contributed by atoms with E-state index in [1.807, 2.05) is 65.0 Å². The fourth-order valence-electron chi connectivity index (χ4n) is 3.33. The molecule has 140 valence electrons. The third-order valence-corrected chi connectivity index (χ3v) is 4.80. The summed E-state index contributed by atoms with van der Waals surface area (Å²) in [5.41, 5.74) is 5.89. The molecule has 1 N–H and O–H groups in total. The molecule has 2 aromatic carbocycles. The number of carbonyl (C=O) groups is 1. The summed E-state index contributed by atoms with van der Waals surface area (Å²) in [7, 11) is 0. The minimum Gasteiger partial charge on any atom is -0.478 e. The molecule has 0 amide bonds. The van der Waals surface area contributed by atoms with Crippen molar-refractivity contribution in [1.29, 1.82) is 0 Å². The predicted octanol–water partition coefficient (Wildman–Crippen LogP) is 4.29. The number of aryl methyl sites for hydroxylation is 1. The van der Waals surface area contributed by atoms with E-state index in [0.717, 1.165) is 40.3 Å². The second-order valence-electron chi connectivity index (χ2n) is 6.58. The van der Waals surface area contributed by atoms with Crippen LogP contribution in [0.4, 0.5) is 0 Å². The predicted molar refractivity (Wildman–Crippen MR) is 107 cm³/mol. The van der Waals surface area contributed by atoms with Crippen molar-refractivity contribution >= 4 is 5.97 Å². The van der Waals surface area contributed by atoms with Gasteiger partial charge in [-0.2, -0.15) is 5.10 Å². The summed E-state index contributed by atoms with van der Waals surface area (Å²) in [5.74, 6) is -0.945. The van der Waals surface area contributed by atoms with Crippen LogP contribution in [0.3, 0.4) is 0 Å². The molecule has 2 heterocycles. The van der Waals surface area contributed by atoms with Gasteiger partial charge in [-0.1, -0.05) is 31.2 Å². The van der Waals surface area contributed by atoms with E-state index in [2.05, 4.69) is 17.0 Å². The molecule has 0 bridgehead atoms. The van der Waals surface area contributed by atoms with Crippen LogP contribution in [0.2, 0.25) is 0 Å². The molecule has 0 spiro atoms. The van der Waals surface area contributed by atoms with Gasteiger partial charge in [0.15, 0.2) is 0 Å². The lowest BCUT2D eigenvalue weighted by atomic mass is 10.1. The molecule has 0 saturated heterocycles. The highest BCUT2D eigenvalue weighted by atomic mass is 16.4. The maximum Gasteiger partial charge on any atom is 0.335 e. The molecule has 6 heteroatoms. The van der Waals surface area contributed by atoms with Crippen LogP contribution in [-0.2, 0) is 6.42 Å². The van der Waals surface area contributed by atoms with Crippen molar-refractivity contribution in [3.05, 3.63) is 84.1 Å². The minimum absolute atomic E-state index is 0.252. The Hall–Kier alpha value is -3.67. The number of imidazole rings is 1. The number of aromatic nitrogens is 4. The summed E-state index contributed by atoms with van der Waals surface area (Å²) in [6, 6.07) is 15.1. The molecule has 0 atom stereocenters. The van der Waals surface area contributed by atoms with E-state index in [4.69, 9.17) is 0 Å². The number of benzene rings is 2. The zero-order valence-corrected chi connectivity index (χ0v) is 15.7. The van der Waals surface area contributed by atoms with E-state index in [0.29, 0.717) is 0 Å². The summed E-state index contributed by atoms with van der Waals surface area (Å²) >= 11 is 0. The molecule has 28 heavy (non-hydrogen) atoms. The van der Waals surface area contributed by atoms with E-state index in [1.54, 1.807) is 18.5 Å². The van der Waals surface area contributed by atoms with Crippen LogP contribution in [0.5, 0.6) is 0 Å². The van der Waals surface area contributed by atoms with Gasteiger partial charge in [-0.05, 0) is 43.2 Å². The fourth-order valence-corrected chi connectivity index (χ4v) is 3.33. The van der Waals surface area contributed by atoms with Gasteiger partial charge in [-0.25, -0.2) is 14.5 Å². The smallest absolute Gasteiger partial charge is 0.335 e.